The number of ether oxygens (including phenoxy) is 1. The molecular weight excluding hydrogens is 340 g/mol. The number of benzene rings is 1. The molecule has 1 aromatic heterocycles. The van der Waals surface area contributed by atoms with Crippen molar-refractivity contribution in [3.8, 4) is 11.5 Å². The average Bonchev–Trinajstić information content (AvgIpc) is 3.14. The molecule has 25 heavy (non-hydrogen) atoms. The van der Waals surface area contributed by atoms with Gasteiger partial charge >= 0.3 is 0 Å². The lowest BCUT2D eigenvalue weighted by molar-refractivity contribution is -0.0206. The van der Waals surface area contributed by atoms with Crippen molar-refractivity contribution in [3.05, 3.63) is 36.2 Å². The van der Waals surface area contributed by atoms with Gasteiger partial charge in [-0.25, -0.2) is 0 Å². The number of piperidine rings is 1. The second-order valence-corrected chi connectivity index (χ2v) is 6.62. The number of hydrogen-bond acceptors (Lipinski definition) is 6. The van der Waals surface area contributed by atoms with Crippen LogP contribution in [0.4, 0.5) is 0 Å². The first-order valence-electron chi connectivity index (χ1n) is 8.81. The molecule has 0 saturated carbocycles. The average molecular weight is 365 g/mol. The largest absolute Gasteiger partial charge is 0.378 e. The van der Waals surface area contributed by atoms with Gasteiger partial charge in [0.25, 0.3) is 5.89 Å². The summed E-state index contributed by atoms with van der Waals surface area (Å²) < 4.78 is 11.2. The van der Waals surface area contributed by atoms with Crippen molar-refractivity contribution in [1.82, 2.24) is 20.4 Å². The maximum atomic E-state index is 5.69. The molecule has 2 fully saturated rings. The number of nitrogens with zero attached hydrogens (tertiary/aromatic N) is 3. The van der Waals surface area contributed by atoms with E-state index in [0.717, 1.165) is 44.2 Å². The molecule has 0 aliphatic carbocycles. The summed E-state index contributed by atoms with van der Waals surface area (Å²) in [7, 11) is 0. The van der Waals surface area contributed by atoms with E-state index in [9.17, 15) is 0 Å². The molecule has 6 nitrogen and oxygen atoms in total. The van der Waals surface area contributed by atoms with Crippen molar-refractivity contribution in [2.24, 2.45) is 5.92 Å². The topological polar surface area (TPSA) is 63.4 Å². The van der Waals surface area contributed by atoms with E-state index < -0.39 is 0 Å². The zero-order valence-corrected chi connectivity index (χ0v) is 15.1. The zero-order chi connectivity index (χ0) is 16.2. The van der Waals surface area contributed by atoms with Crippen molar-refractivity contribution in [1.29, 1.82) is 0 Å². The third kappa shape index (κ3) is 4.39. The van der Waals surface area contributed by atoms with Crippen LogP contribution < -0.4 is 5.32 Å². The van der Waals surface area contributed by atoms with Crippen LogP contribution in [0.3, 0.4) is 0 Å². The molecular formula is C18H25ClN4O2. The third-order valence-corrected chi connectivity index (χ3v) is 4.89. The minimum Gasteiger partial charge on any atom is -0.378 e. The summed E-state index contributed by atoms with van der Waals surface area (Å²) in [5.74, 6) is 2.01. The molecule has 2 unspecified atom stereocenters. The Morgan fingerprint density at radius 2 is 2.12 bits per heavy atom. The summed E-state index contributed by atoms with van der Waals surface area (Å²) in [5.41, 5.74) is 0.955. The Balaban J connectivity index is 0.00000182. The molecule has 0 radical (unpaired) electrons. The normalized spacial score (nSPS) is 24.6. The summed E-state index contributed by atoms with van der Waals surface area (Å²) in [6.45, 7) is 5.65. The van der Waals surface area contributed by atoms with E-state index in [1.807, 2.05) is 30.3 Å². The van der Waals surface area contributed by atoms with Gasteiger partial charge in [-0.1, -0.05) is 23.4 Å². The summed E-state index contributed by atoms with van der Waals surface area (Å²) in [6, 6.07) is 9.99. The highest BCUT2D eigenvalue weighted by atomic mass is 35.5. The third-order valence-electron chi connectivity index (χ3n) is 4.89. The van der Waals surface area contributed by atoms with Crippen LogP contribution in [0.5, 0.6) is 0 Å². The first-order chi connectivity index (χ1) is 11.9. The summed E-state index contributed by atoms with van der Waals surface area (Å²) in [6.07, 6.45) is 2.55. The van der Waals surface area contributed by atoms with Gasteiger partial charge in [0.15, 0.2) is 5.82 Å². The molecule has 0 amide bonds. The lowest BCUT2D eigenvalue weighted by Crippen LogP contribution is -2.45. The number of morpholine rings is 1. The first-order valence-corrected chi connectivity index (χ1v) is 8.81. The number of rotatable bonds is 4. The highest BCUT2D eigenvalue weighted by Crippen LogP contribution is 2.26. The quantitative estimate of drug-likeness (QED) is 0.899. The lowest BCUT2D eigenvalue weighted by atomic mass is 9.98. The van der Waals surface area contributed by atoms with Crippen LogP contribution in [0.25, 0.3) is 11.5 Å². The molecule has 2 aliphatic rings. The van der Waals surface area contributed by atoms with E-state index in [2.05, 4.69) is 20.4 Å². The van der Waals surface area contributed by atoms with E-state index in [-0.39, 0.29) is 18.4 Å². The van der Waals surface area contributed by atoms with Gasteiger partial charge in [-0.05, 0) is 44.0 Å². The van der Waals surface area contributed by atoms with Gasteiger partial charge in [-0.2, -0.15) is 4.98 Å². The predicted molar refractivity (Wildman–Crippen MR) is 97.7 cm³/mol. The Bertz CT molecular complexity index is 646. The smallest absolute Gasteiger partial charge is 0.257 e. The fraction of sp³-hybridized carbons (Fsp3) is 0.556. The van der Waals surface area contributed by atoms with Crippen molar-refractivity contribution >= 4 is 12.4 Å². The molecule has 1 N–H and O–H groups in total. The molecule has 0 bridgehead atoms. The summed E-state index contributed by atoms with van der Waals surface area (Å²) >= 11 is 0. The standard InChI is InChI=1S/C18H24N4O2.ClH/c1-2-6-15(7-3-1)18-20-17(21-24-18)16-13-23-10-9-22(16)12-14-5-4-8-19-11-14;/h1-3,6-7,14,16,19H,4-5,8-13H2;1H. The Kier molecular flexibility index (Phi) is 6.42. The highest BCUT2D eigenvalue weighted by Gasteiger charge is 2.31. The van der Waals surface area contributed by atoms with E-state index >= 15 is 0 Å². The van der Waals surface area contributed by atoms with Crippen LogP contribution in [0, 0.1) is 5.92 Å². The van der Waals surface area contributed by atoms with Crippen molar-refractivity contribution in [2.45, 2.75) is 18.9 Å². The van der Waals surface area contributed by atoms with Gasteiger partial charge in [-0.15, -0.1) is 12.4 Å². The number of aromatic nitrogens is 2. The highest BCUT2D eigenvalue weighted by molar-refractivity contribution is 5.85. The van der Waals surface area contributed by atoms with E-state index in [1.54, 1.807) is 0 Å². The number of halogens is 1. The van der Waals surface area contributed by atoms with Gasteiger partial charge in [0, 0.05) is 18.7 Å². The van der Waals surface area contributed by atoms with Gasteiger partial charge in [-0.3, -0.25) is 4.90 Å². The maximum absolute atomic E-state index is 5.69. The van der Waals surface area contributed by atoms with Crippen LogP contribution in [-0.4, -0.2) is 54.4 Å². The summed E-state index contributed by atoms with van der Waals surface area (Å²) in [5, 5.41) is 7.73. The van der Waals surface area contributed by atoms with Crippen molar-refractivity contribution in [3.63, 3.8) is 0 Å². The summed E-state index contributed by atoms with van der Waals surface area (Å²) in [4.78, 5) is 7.09. The molecule has 2 aliphatic heterocycles. The maximum Gasteiger partial charge on any atom is 0.257 e. The first kappa shape index (κ1) is 18.3. The Hall–Kier alpha value is -1.47. The SMILES string of the molecule is Cl.c1ccc(-c2nc(C3COCCN3CC3CCCNC3)no2)cc1. The molecule has 3 heterocycles. The van der Waals surface area contributed by atoms with E-state index in [4.69, 9.17) is 9.26 Å². The number of nitrogens with one attached hydrogen (secondary N) is 1. The van der Waals surface area contributed by atoms with Gasteiger partial charge in [0.05, 0.1) is 19.3 Å². The second kappa shape index (κ2) is 8.76. The lowest BCUT2D eigenvalue weighted by Gasteiger charge is -2.37. The van der Waals surface area contributed by atoms with Gasteiger partial charge in [0.1, 0.15) is 0 Å². The van der Waals surface area contributed by atoms with Crippen molar-refractivity contribution < 1.29 is 9.26 Å². The molecule has 7 heteroatoms. The van der Waals surface area contributed by atoms with E-state index in [0.29, 0.717) is 18.4 Å². The van der Waals surface area contributed by atoms with Crippen LogP contribution >= 0.6 is 12.4 Å². The van der Waals surface area contributed by atoms with Crippen LogP contribution in [0.1, 0.15) is 24.7 Å². The van der Waals surface area contributed by atoms with Crippen LogP contribution in [0.2, 0.25) is 0 Å². The predicted octanol–water partition coefficient (Wildman–Crippen LogP) is 2.53. The van der Waals surface area contributed by atoms with Crippen LogP contribution in [0.15, 0.2) is 34.9 Å². The minimum absolute atomic E-state index is 0. The molecule has 4 rings (SSSR count). The zero-order valence-electron chi connectivity index (χ0n) is 14.3. The Morgan fingerprint density at radius 3 is 2.92 bits per heavy atom. The molecule has 2 saturated heterocycles. The Labute approximate surface area is 154 Å². The molecule has 2 atom stereocenters. The molecule has 1 aromatic carbocycles. The van der Waals surface area contributed by atoms with Crippen molar-refractivity contribution in [2.75, 3.05) is 39.4 Å². The van der Waals surface area contributed by atoms with E-state index in [1.165, 1.54) is 12.8 Å². The molecule has 2 aromatic rings. The fourth-order valence-corrected chi connectivity index (χ4v) is 3.57. The molecule has 0 spiro atoms. The Morgan fingerprint density at radius 1 is 1.24 bits per heavy atom. The van der Waals surface area contributed by atoms with Gasteiger partial charge < -0.3 is 14.6 Å². The minimum atomic E-state index is 0. The fourth-order valence-electron chi connectivity index (χ4n) is 3.57. The van der Waals surface area contributed by atoms with Gasteiger partial charge in [0.2, 0.25) is 0 Å². The number of hydrogen-bond donors (Lipinski definition) is 1. The second-order valence-electron chi connectivity index (χ2n) is 6.62. The monoisotopic (exact) mass is 364 g/mol. The van der Waals surface area contributed by atoms with Crippen LogP contribution in [-0.2, 0) is 4.74 Å². The molecule has 136 valence electrons.